The summed E-state index contributed by atoms with van der Waals surface area (Å²) in [5.41, 5.74) is 0.930. The van der Waals surface area contributed by atoms with Crippen molar-refractivity contribution in [2.75, 3.05) is 18.1 Å². The molecule has 1 aromatic rings. The number of furan rings is 1. The molecule has 31 heavy (non-hydrogen) atoms. The topological polar surface area (TPSA) is 109 Å². The number of hydrogen-bond donors (Lipinski definition) is 3. The van der Waals surface area contributed by atoms with Crippen molar-refractivity contribution in [3.63, 3.8) is 0 Å². The smallest absolute Gasteiger partial charge is 0.327 e. The van der Waals surface area contributed by atoms with Gasteiger partial charge in [0.2, 0.25) is 11.8 Å². The van der Waals surface area contributed by atoms with Crippen molar-refractivity contribution in [3.8, 4) is 0 Å². The molecule has 1 aromatic heterocycles. The zero-order valence-corrected chi connectivity index (χ0v) is 20.5. The van der Waals surface area contributed by atoms with Crippen LogP contribution in [0.4, 0.5) is 0 Å². The Labute approximate surface area is 190 Å². The number of thioether (sulfide) groups is 1. The zero-order chi connectivity index (χ0) is 23.7. The van der Waals surface area contributed by atoms with Gasteiger partial charge in [-0.1, -0.05) is 41.5 Å². The standard InChI is InChI=1S/C23H38N2O5S/c1-22(2,3)12-20(27)24-10-9-17-11-16(13-30-17)7-8-19(26)25-18(21(28)29)14-31-15-23(4,5)6/h11,13,18H,7-10,12,14-15H2,1-6H3,(H,24,27)(H,25,26)(H,28,29)/t18-/m0/s1. The SMILES string of the molecule is CC(C)(C)CSC[C@H](NC(=O)CCc1coc(CCNC(=O)CC(C)(C)C)c1)C(=O)O. The van der Waals surface area contributed by atoms with E-state index < -0.39 is 12.0 Å². The second kappa shape index (κ2) is 12.2. The third kappa shape index (κ3) is 13.1. The normalized spacial score (nSPS) is 13.0. The van der Waals surface area contributed by atoms with E-state index in [-0.39, 0.29) is 29.1 Å². The van der Waals surface area contributed by atoms with Crippen molar-refractivity contribution in [1.82, 2.24) is 10.6 Å². The summed E-state index contributed by atoms with van der Waals surface area (Å²) in [6, 6.07) is 0.980. The summed E-state index contributed by atoms with van der Waals surface area (Å²) in [7, 11) is 0. The lowest BCUT2D eigenvalue weighted by Gasteiger charge is -2.19. The van der Waals surface area contributed by atoms with Gasteiger partial charge in [-0.25, -0.2) is 4.79 Å². The summed E-state index contributed by atoms with van der Waals surface area (Å²) in [6.07, 6.45) is 3.31. The highest BCUT2D eigenvalue weighted by Crippen LogP contribution is 2.21. The Bertz CT molecular complexity index is 731. The number of carbonyl (C=O) groups excluding carboxylic acids is 2. The van der Waals surface area contributed by atoms with Crippen molar-refractivity contribution in [2.45, 2.75) is 73.3 Å². The Hall–Kier alpha value is -1.96. The molecule has 1 rings (SSSR count). The molecule has 0 aliphatic carbocycles. The largest absolute Gasteiger partial charge is 0.480 e. The monoisotopic (exact) mass is 454 g/mol. The number of carboxylic acids is 1. The Morgan fingerprint density at radius 3 is 2.32 bits per heavy atom. The number of hydrogen-bond acceptors (Lipinski definition) is 5. The molecule has 0 fully saturated rings. The molecule has 0 saturated heterocycles. The molecule has 0 spiro atoms. The maximum atomic E-state index is 12.2. The molecule has 7 nitrogen and oxygen atoms in total. The Kier molecular flexibility index (Phi) is 10.6. The average molecular weight is 455 g/mol. The predicted molar refractivity (Wildman–Crippen MR) is 124 cm³/mol. The van der Waals surface area contributed by atoms with Crippen molar-refractivity contribution in [3.05, 3.63) is 23.7 Å². The number of carboxylic acid groups (broad SMARTS) is 1. The Morgan fingerprint density at radius 1 is 1.06 bits per heavy atom. The van der Waals surface area contributed by atoms with E-state index >= 15 is 0 Å². The first-order valence-electron chi connectivity index (χ1n) is 10.7. The van der Waals surface area contributed by atoms with E-state index in [1.165, 1.54) is 11.8 Å². The van der Waals surface area contributed by atoms with Gasteiger partial charge in [-0.3, -0.25) is 9.59 Å². The number of amides is 2. The second-order valence-corrected chi connectivity index (χ2v) is 11.3. The van der Waals surface area contributed by atoms with Crippen LogP contribution in [0, 0.1) is 10.8 Å². The van der Waals surface area contributed by atoms with Crippen molar-refractivity contribution in [2.24, 2.45) is 10.8 Å². The van der Waals surface area contributed by atoms with Crippen molar-refractivity contribution < 1.29 is 23.9 Å². The van der Waals surface area contributed by atoms with Gasteiger partial charge in [0, 0.05) is 31.6 Å². The van der Waals surface area contributed by atoms with Crippen LogP contribution in [0.2, 0.25) is 0 Å². The first kappa shape index (κ1) is 27.1. The molecule has 1 atom stereocenters. The Balaban J connectivity index is 2.37. The quantitative estimate of drug-likeness (QED) is 0.445. The van der Waals surface area contributed by atoms with Crippen LogP contribution in [-0.4, -0.2) is 47.0 Å². The van der Waals surface area contributed by atoms with Gasteiger partial charge in [0.1, 0.15) is 11.8 Å². The summed E-state index contributed by atoms with van der Waals surface area (Å²) >= 11 is 1.53. The molecule has 0 aromatic carbocycles. The van der Waals surface area contributed by atoms with Gasteiger partial charge < -0.3 is 20.2 Å². The van der Waals surface area contributed by atoms with E-state index in [4.69, 9.17) is 4.42 Å². The van der Waals surface area contributed by atoms with Gasteiger partial charge >= 0.3 is 5.97 Å². The lowest BCUT2D eigenvalue weighted by Crippen LogP contribution is -2.42. The molecule has 8 heteroatoms. The zero-order valence-electron chi connectivity index (χ0n) is 19.7. The molecule has 176 valence electrons. The lowest BCUT2D eigenvalue weighted by molar-refractivity contribution is -0.141. The summed E-state index contributed by atoms with van der Waals surface area (Å²) in [5, 5.41) is 14.8. The first-order chi connectivity index (χ1) is 14.2. The number of nitrogens with one attached hydrogen (secondary N) is 2. The predicted octanol–water partition coefficient (Wildman–Crippen LogP) is 3.66. The molecule has 0 radical (unpaired) electrons. The van der Waals surface area contributed by atoms with E-state index in [9.17, 15) is 19.5 Å². The van der Waals surface area contributed by atoms with Gasteiger partial charge in [-0.05, 0) is 34.6 Å². The van der Waals surface area contributed by atoms with Crippen LogP contribution in [-0.2, 0) is 27.2 Å². The molecule has 0 aliphatic heterocycles. The van der Waals surface area contributed by atoms with Crippen molar-refractivity contribution >= 4 is 29.5 Å². The highest BCUT2D eigenvalue weighted by atomic mass is 32.2. The van der Waals surface area contributed by atoms with Crippen LogP contribution in [0.3, 0.4) is 0 Å². The molecule has 3 N–H and O–H groups in total. The third-order valence-electron chi connectivity index (χ3n) is 4.19. The number of rotatable bonds is 12. The minimum atomic E-state index is -1.02. The van der Waals surface area contributed by atoms with Gasteiger partial charge in [-0.15, -0.1) is 0 Å². The second-order valence-electron chi connectivity index (χ2n) is 10.3. The summed E-state index contributed by atoms with van der Waals surface area (Å²) in [6.45, 7) is 12.8. The minimum Gasteiger partial charge on any atom is -0.480 e. The van der Waals surface area contributed by atoms with Gasteiger partial charge in [0.25, 0.3) is 0 Å². The van der Waals surface area contributed by atoms with Crippen LogP contribution in [0.15, 0.2) is 16.7 Å². The van der Waals surface area contributed by atoms with Gasteiger partial charge in [0.05, 0.1) is 6.26 Å². The van der Waals surface area contributed by atoms with Crippen LogP contribution in [0.5, 0.6) is 0 Å². The molecule has 1 heterocycles. The molecular formula is C23H38N2O5S. The van der Waals surface area contributed by atoms with Crippen LogP contribution < -0.4 is 10.6 Å². The van der Waals surface area contributed by atoms with E-state index in [1.54, 1.807) is 6.26 Å². The third-order valence-corrected chi connectivity index (χ3v) is 5.83. The highest BCUT2D eigenvalue weighted by Gasteiger charge is 2.21. The number of aryl methyl sites for hydroxylation is 1. The van der Waals surface area contributed by atoms with Crippen LogP contribution >= 0.6 is 11.8 Å². The molecule has 0 saturated carbocycles. The molecular weight excluding hydrogens is 416 g/mol. The molecule has 2 amide bonds. The van der Waals surface area contributed by atoms with E-state index in [2.05, 4.69) is 31.4 Å². The fourth-order valence-electron chi connectivity index (χ4n) is 2.74. The fraction of sp³-hybridized carbons (Fsp3) is 0.696. The van der Waals surface area contributed by atoms with E-state index in [0.29, 0.717) is 31.6 Å². The molecule has 0 unspecified atom stereocenters. The highest BCUT2D eigenvalue weighted by molar-refractivity contribution is 7.99. The van der Waals surface area contributed by atoms with E-state index in [0.717, 1.165) is 17.1 Å². The summed E-state index contributed by atoms with van der Waals surface area (Å²) in [5.74, 6) is 0.615. The molecule has 0 bridgehead atoms. The first-order valence-corrected chi connectivity index (χ1v) is 11.8. The summed E-state index contributed by atoms with van der Waals surface area (Å²) in [4.78, 5) is 35.5. The molecule has 0 aliphatic rings. The van der Waals surface area contributed by atoms with Gasteiger partial charge in [-0.2, -0.15) is 11.8 Å². The minimum absolute atomic E-state index is 0.0181. The fourth-order valence-corrected chi connectivity index (χ4v) is 3.93. The van der Waals surface area contributed by atoms with Gasteiger partial charge in [0.15, 0.2) is 0 Å². The van der Waals surface area contributed by atoms with Crippen LogP contribution in [0.25, 0.3) is 0 Å². The van der Waals surface area contributed by atoms with Crippen molar-refractivity contribution in [1.29, 1.82) is 0 Å². The van der Waals surface area contributed by atoms with Crippen LogP contribution in [0.1, 0.15) is 65.7 Å². The number of carbonyl (C=O) groups is 3. The Morgan fingerprint density at radius 2 is 1.74 bits per heavy atom. The number of aliphatic carboxylic acids is 1. The maximum absolute atomic E-state index is 12.2. The lowest BCUT2D eigenvalue weighted by atomic mass is 9.92. The van der Waals surface area contributed by atoms with E-state index in [1.807, 2.05) is 26.8 Å². The average Bonchev–Trinajstić information content (AvgIpc) is 3.04. The maximum Gasteiger partial charge on any atom is 0.327 e. The summed E-state index contributed by atoms with van der Waals surface area (Å²) < 4.78 is 5.50.